The van der Waals surface area contributed by atoms with E-state index in [2.05, 4.69) is 10.5 Å². The molecule has 10 heteroatoms. The van der Waals surface area contributed by atoms with Crippen LogP contribution in [-0.4, -0.2) is 30.7 Å². The van der Waals surface area contributed by atoms with E-state index in [0.717, 1.165) is 12.0 Å². The lowest BCUT2D eigenvalue weighted by molar-refractivity contribution is -0.123. The minimum absolute atomic E-state index is 0.0385. The molecule has 0 radical (unpaired) electrons. The van der Waals surface area contributed by atoms with Gasteiger partial charge < -0.3 is 14.2 Å². The van der Waals surface area contributed by atoms with Crippen molar-refractivity contribution in [2.24, 2.45) is 5.10 Å². The predicted molar refractivity (Wildman–Crippen MR) is 156 cm³/mol. The van der Waals surface area contributed by atoms with Crippen molar-refractivity contribution in [2.45, 2.75) is 13.3 Å². The lowest BCUT2D eigenvalue weighted by Gasteiger charge is -2.11. The van der Waals surface area contributed by atoms with Gasteiger partial charge in [0.1, 0.15) is 17.2 Å². The van der Waals surface area contributed by atoms with Gasteiger partial charge in [-0.2, -0.15) is 5.10 Å². The Morgan fingerprint density at radius 3 is 1.90 bits per heavy atom. The Hall–Kier alpha value is -4.66. The summed E-state index contributed by atoms with van der Waals surface area (Å²) in [7, 11) is 0. The molecule has 0 aliphatic carbocycles. The summed E-state index contributed by atoms with van der Waals surface area (Å²) in [4.78, 5) is 37.6. The van der Waals surface area contributed by atoms with Crippen molar-refractivity contribution in [1.29, 1.82) is 0 Å². The molecule has 0 fully saturated rings. The lowest BCUT2D eigenvalue weighted by Crippen LogP contribution is -2.24. The van der Waals surface area contributed by atoms with Gasteiger partial charge in [-0.1, -0.05) is 42.3 Å². The molecule has 0 saturated carbocycles. The number of esters is 2. The van der Waals surface area contributed by atoms with E-state index in [9.17, 15) is 14.4 Å². The zero-order chi connectivity index (χ0) is 29.2. The molecular weight excluding hydrogens is 567 g/mol. The summed E-state index contributed by atoms with van der Waals surface area (Å²) in [6, 6.07) is 24.2. The van der Waals surface area contributed by atoms with Crippen LogP contribution >= 0.6 is 23.2 Å². The number of hydrogen-bond donors (Lipinski definition) is 1. The number of hydrogen-bond acceptors (Lipinski definition) is 7. The van der Waals surface area contributed by atoms with E-state index >= 15 is 0 Å². The van der Waals surface area contributed by atoms with Crippen LogP contribution < -0.4 is 19.6 Å². The number of rotatable bonds is 10. The predicted octanol–water partition coefficient (Wildman–Crippen LogP) is 6.52. The van der Waals surface area contributed by atoms with Gasteiger partial charge in [-0.15, -0.1) is 0 Å². The number of benzene rings is 4. The number of halogens is 2. The minimum Gasteiger partial charge on any atom is -0.484 e. The lowest BCUT2D eigenvalue weighted by atomic mass is 10.2. The molecule has 0 unspecified atom stereocenters. The van der Waals surface area contributed by atoms with E-state index in [0.29, 0.717) is 21.4 Å². The highest BCUT2D eigenvalue weighted by Gasteiger charge is 2.15. The molecule has 0 saturated heterocycles. The third-order valence-electron chi connectivity index (χ3n) is 5.65. The van der Waals surface area contributed by atoms with E-state index in [-0.39, 0.29) is 29.2 Å². The summed E-state index contributed by atoms with van der Waals surface area (Å²) in [6.07, 6.45) is 2.20. The number of carbonyl (C=O) groups excluding carboxylic acids is 3. The molecule has 0 heterocycles. The van der Waals surface area contributed by atoms with Gasteiger partial charge in [0.25, 0.3) is 5.91 Å². The molecule has 0 aromatic heterocycles. The van der Waals surface area contributed by atoms with Gasteiger partial charge in [0, 0.05) is 21.7 Å². The molecule has 41 heavy (non-hydrogen) atoms. The molecular formula is C31H24Cl2N2O6. The molecule has 1 amide bonds. The molecule has 4 aromatic carbocycles. The Labute approximate surface area is 246 Å². The van der Waals surface area contributed by atoms with Gasteiger partial charge in [0.15, 0.2) is 6.61 Å². The maximum Gasteiger partial charge on any atom is 0.343 e. The molecule has 0 atom stereocenters. The van der Waals surface area contributed by atoms with Crippen LogP contribution in [-0.2, 0) is 11.2 Å². The van der Waals surface area contributed by atoms with Crippen LogP contribution in [0.1, 0.15) is 38.8 Å². The molecule has 208 valence electrons. The highest BCUT2D eigenvalue weighted by atomic mass is 35.5. The summed E-state index contributed by atoms with van der Waals surface area (Å²) in [5.74, 6) is -1.08. The van der Waals surface area contributed by atoms with Crippen LogP contribution in [0.5, 0.6) is 17.2 Å². The molecule has 1 N–H and O–H groups in total. The third kappa shape index (κ3) is 8.66. The first-order chi connectivity index (χ1) is 19.8. The van der Waals surface area contributed by atoms with Gasteiger partial charge in [0.05, 0.1) is 17.3 Å². The number of carbonyl (C=O) groups is 3. The smallest absolute Gasteiger partial charge is 0.343 e. The quantitative estimate of drug-likeness (QED) is 0.0975. The first-order valence-electron chi connectivity index (χ1n) is 12.4. The Bertz CT molecular complexity index is 1550. The summed E-state index contributed by atoms with van der Waals surface area (Å²) in [6.45, 7) is 1.80. The Morgan fingerprint density at radius 1 is 0.756 bits per heavy atom. The number of nitrogens with zero attached hydrogens (tertiary/aromatic N) is 1. The second-order valence-corrected chi connectivity index (χ2v) is 9.44. The van der Waals surface area contributed by atoms with Crippen LogP contribution in [0.4, 0.5) is 0 Å². The van der Waals surface area contributed by atoms with Crippen LogP contribution in [0.15, 0.2) is 96.1 Å². The van der Waals surface area contributed by atoms with Crippen LogP contribution in [0, 0.1) is 0 Å². The highest BCUT2D eigenvalue weighted by molar-refractivity contribution is 6.31. The van der Waals surface area contributed by atoms with Crippen molar-refractivity contribution < 1.29 is 28.6 Å². The number of ether oxygens (including phenoxy) is 3. The molecule has 8 nitrogen and oxygen atoms in total. The molecule has 0 aliphatic rings. The molecule has 0 bridgehead atoms. The highest BCUT2D eigenvalue weighted by Crippen LogP contribution is 2.26. The maximum absolute atomic E-state index is 12.8. The van der Waals surface area contributed by atoms with Crippen molar-refractivity contribution >= 4 is 47.3 Å². The van der Waals surface area contributed by atoms with E-state index in [1.165, 1.54) is 48.7 Å². The van der Waals surface area contributed by atoms with Crippen molar-refractivity contribution in [2.75, 3.05) is 6.61 Å². The molecule has 4 aromatic rings. The minimum atomic E-state index is -0.677. The van der Waals surface area contributed by atoms with Gasteiger partial charge in [-0.25, -0.2) is 15.0 Å². The second-order valence-electron chi connectivity index (χ2n) is 8.57. The molecule has 0 aliphatic heterocycles. The maximum atomic E-state index is 12.8. The first kappa shape index (κ1) is 29.3. The van der Waals surface area contributed by atoms with Crippen molar-refractivity contribution in [3.05, 3.63) is 123 Å². The van der Waals surface area contributed by atoms with E-state index in [1.54, 1.807) is 36.4 Å². The SMILES string of the molecule is CCc1ccc(OCC(=O)N/N=C/c2ccc(OC(=O)c3ccc(Cl)cc3)cc2OC(=O)c2ccc(Cl)cc2)cc1. The number of nitrogens with one attached hydrogen (secondary N) is 1. The second kappa shape index (κ2) is 14.1. The normalized spacial score (nSPS) is 10.7. The van der Waals surface area contributed by atoms with Crippen molar-refractivity contribution in [1.82, 2.24) is 5.43 Å². The van der Waals surface area contributed by atoms with E-state index in [1.807, 2.05) is 19.1 Å². The Morgan fingerprint density at radius 2 is 1.32 bits per heavy atom. The van der Waals surface area contributed by atoms with E-state index in [4.69, 9.17) is 37.4 Å². The fourth-order valence-electron chi connectivity index (χ4n) is 3.45. The van der Waals surface area contributed by atoms with Crippen LogP contribution in [0.25, 0.3) is 0 Å². The van der Waals surface area contributed by atoms with Crippen molar-refractivity contribution in [3.8, 4) is 17.2 Å². The van der Waals surface area contributed by atoms with Crippen LogP contribution in [0.3, 0.4) is 0 Å². The topological polar surface area (TPSA) is 103 Å². The summed E-state index contributed by atoms with van der Waals surface area (Å²) in [5.41, 5.74) is 4.39. The Balaban J connectivity index is 1.46. The average Bonchev–Trinajstić information content (AvgIpc) is 2.98. The van der Waals surface area contributed by atoms with Gasteiger partial charge in [-0.05, 0) is 84.8 Å². The van der Waals surface area contributed by atoms with Crippen LogP contribution in [0.2, 0.25) is 10.0 Å². The largest absolute Gasteiger partial charge is 0.484 e. The molecule has 0 spiro atoms. The summed E-state index contributed by atoms with van der Waals surface area (Å²) >= 11 is 11.8. The third-order valence-corrected chi connectivity index (χ3v) is 6.16. The zero-order valence-corrected chi connectivity index (χ0v) is 23.3. The fourth-order valence-corrected chi connectivity index (χ4v) is 3.70. The molecule has 4 rings (SSSR count). The van der Waals surface area contributed by atoms with Gasteiger partial charge in [0.2, 0.25) is 0 Å². The first-order valence-corrected chi connectivity index (χ1v) is 13.2. The monoisotopic (exact) mass is 590 g/mol. The summed E-state index contributed by atoms with van der Waals surface area (Å²) < 4.78 is 16.5. The van der Waals surface area contributed by atoms with Crippen molar-refractivity contribution in [3.63, 3.8) is 0 Å². The van der Waals surface area contributed by atoms with Gasteiger partial charge in [-0.3, -0.25) is 4.79 Å². The fraction of sp³-hybridized carbons (Fsp3) is 0.0968. The number of amides is 1. The van der Waals surface area contributed by atoms with Gasteiger partial charge >= 0.3 is 11.9 Å². The number of hydrazone groups is 1. The standard InChI is InChI=1S/C31H24Cl2N2O6/c1-2-20-3-14-26(15-4-20)39-19-29(36)35-34-18-23-9-16-27(40-30(37)21-5-10-24(32)11-6-21)17-28(23)41-31(38)22-7-12-25(33)13-8-22/h3-18H,2,19H2,1H3,(H,35,36)/b34-18+. The Kier molecular flexibility index (Phi) is 10.1. The number of aryl methyl sites for hydroxylation is 1. The zero-order valence-electron chi connectivity index (χ0n) is 21.8. The average molecular weight is 591 g/mol. The van der Waals surface area contributed by atoms with E-state index < -0.39 is 17.8 Å². The summed E-state index contributed by atoms with van der Waals surface area (Å²) in [5, 5.41) is 4.89.